The topological polar surface area (TPSA) is 97.6 Å². The van der Waals surface area contributed by atoms with E-state index in [1.807, 2.05) is 40.0 Å². The minimum atomic E-state index is -0.296. The highest BCUT2D eigenvalue weighted by atomic mass is 79.9. The Morgan fingerprint density at radius 1 is 1.18 bits per heavy atom. The van der Waals surface area contributed by atoms with Gasteiger partial charge in [0, 0.05) is 11.5 Å². The molecule has 2 heterocycles. The van der Waals surface area contributed by atoms with Gasteiger partial charge in [-0.1, -0.05) is 42.6 Å². The summed E-state index contributed by atoms with van der Waals surface area (Å²) in [5.74, 6) is 7.46. The molecule has 2 aliphatic carbocycles. The molecule has 0 radical (unpaired) electrons. The van der Waals surface area contributed by atoms with Gasteiger partial charge in [0.25, 0.3) is 12.4 Å². The molecule has 8 nitrogen and oxygen atoms in total. The monoisotopic (exact) mass is 610 g/mol. The maximum atomic E-state index is 13.4. The van der Waals surface area contributed by atoms with Crippen LogP contribution < -0.4 is 9.64 Å². The largest absolute Gasteiger partial charge is 0.483 e. The van der Waals surface area contributed by atoms with Crippen molar-refractivity contribution >= 4 is 50.8 Å². The summed E-state index contributed by atoms with van der Waals surface area (Å²) in [4.78, 5) is 28.3. The number of amides is 1. The van der Waals surface area contributed by atoms with Crippen LogP contribution in [0.2, 0.25) is 0 Å². The van der Waals surface area contributed by atoms with Crippen LogP contribution in [0.25, 0.3) is 11.0 Å². The zero-order valence-electron chi connectivity index (χ0n) is 24.2. The number of pyridine rings is 1. The summed E-state index contributed by atoms with van der Waals surface area (Å²) >= 11 is 3.67. The molecule has 2 aliphatic rings. The van der Waals surface area contributed by atoms with Gasteiger partial charge in [-0.25, -0.2) is 4.98 Å². The van der Waals surface area contributed by atoms with E-state index in [4.69, 9.17) is 19.6 Å². The van der Waals surface area contributed by atoms with Crippen LogP contribution in [0.5, 0.6) is 5.88 Å². The molecule has 0 bridgehead atoms. The standard InChI is InChI=1S/C28H31BrN4O2.C2H6.CH2O2/c1-5-6-26(34)33(24-15-18(3)22(29)16-21(24)19-9-10-19)25-14-13-23-27(30-25)28(31-32(23)4)35-20-11-7-17(2)8-12-20;1-2;2-1-3/h13-17,19-20H,7-12H2,1-4H3;1-2H3;1H,(H,2,3). The van der Waals surface area contributed by atoms with Crippen LogP contribution in [-0.4, -0.2) is 38.4 Å². The van der Waals surface area contributed by atoms with Gasteiger partial charge in [-0.3, -0.25) is 19.2 Å². The molecule has 0 spiro atoms. The third kappa shape index (κ3) is 7.22. The lowest BCUT2D eigenvalue weighted by atomic mass is 9.89. The van der Waals surface area contributed by atoms with Crippen LogP contribution in [0.15, 0.2) is 28.7 Å². The Morgan fingerprint density at radius 3 is 2.42 bits per heavy atom. The van der Waals surface area contributed by atoms with E-state index in [1.165, 1.54) is 12.8 Å². The van der Waals surface area contributed by atoms with E-state index >= 15 is 0 Å². The molecule has 0 atom stereocenters. The predicted molar refractivity (Wildman–Crippen MR) is 162 cm³/mol. The summed E-state index contributed by atoms with van der Waals surface area (Å²) in [5.41, 5.74) is 4.60. The van der Waals surface area contributed by atoms with Crippen molar-refractivity contribution in [1.29, 1.82) is 0 Å². The predicted octanol–water partition coefficient (Wildman–Crippen LogP) is 7.29. The molecule has 0 saturated heterocycles. The number of halogens is 1. The fourth-order valence-corrected chi connectivity index (χ4v) is 5.26. The quantitative estimate of drug-likeness (QED) is 0.240. The molecule has 0 unspecified atom stereocenters. The highest BCUT2D eigenvalue weighted by Crippen LogP contribution is 2.47. The van der Waals surface area contributed by atoms with Crippen LogP contribution in [0, 0.1) is 24.7 Å². The third-order valence-electron chi connectivity index (χ3n) is 7.12. The van der Waals surface area contributed by atoms with Crippen molar-refractivity contribution < 1.29 is 19.4 Å². The van der Waals surface area contributed by atoms with Gasteiger partial charge in [-0.2, -0.15) is 0 Å². The van der Waals surface area contributed by atoms with Crippen molar-refractivity contribution in [2.45, 2.75) is 85.2 Å². The van der Waals surface area contributed by atoms with Gasteiger partial charge in [0.05, 0.1) is 11.2 Å². The van der Waals surface area contributed by atoms with Crippen LogP contribution in [0.3, 0.4) is 0 Å². The number of carbonyl (C=O) groups excluding carboxylic acids is 1. The summed E-state index contributed by atoms with van der Waals surface area (Å²) in [6, 6.07) is 8.04. The zero-order chi connectivity index (χ0) is 29.4. The van der Waals surface area contributed by atoms with Gasteiger partial charge in [-0.05, 0) is 106 Å². The Morgan fingerprint density at radius 2 is 1.82 bits per heavy atom. The molecule has 9 heteroatoms. The number of ether oxygens (including phenoxy) is 1. The van der Waals surface area contributed by atoms with Crippen molar-refractivity contribution in [3.63, 3.8) is 0 Å². The number of carboxylic acid groups (broad SMARTS) is 1. The van der Waals surface area contributed by atoms with E-state index in [2.05, 4.69) is 51.9 Å². The van der Waals surface area contributed by atoms with E-state index < -0.39 is 0 Å². The lowest BCUT2D eigenvalue weighted by molar-refractivity contribution is -0.122. The number of benzene rings is 1. The Bertz CT molecular complexity index is 1400. The van der Waals surface area contributed by atoms with E-state index in [9.17, 15) is 4.79 Å². The smallest absolute Gasteiger partial charge is 0.308 e. The molecule has 2 fully saturated rings. The van der Waals surface area contributed by atoms with E-state index in [0.29, 0.717) is 23.1 Å². The molecule has 40 heavy (non-hydrogen) atoms. The van der Waals surface area contributed by atoms with Gasteiger partial charge in [0.1, 0.15) is 11.9 Å². The summed E-state index contributed by atoms with van der Waals surface area (Å²) in [6.07, 6.45) is 6.78. The van der Waals surface area contributed by atoms with E-state index in [1.54, 1.807) is 16.5 Å². The van der Waals surface area contributed by atoms with Gasteiger partial charge < -0.3 is 9.84 Å². The first kappa shape index (κ1) is 31.2. The number of aryl methyl sites for hydroxylation is 2. The molecule has 5 rings (SSSR count). The molecule has 2 saturated carbocycles. The number of aromatic nitrogens is 3. The summed E-state index contributed by atoms with van der Waals surface area (Å²) < 4.78 is 9.20. The highest BCUT2D eigenvalue weighted by molar-refractivity contribution is 9.10. The van der Waals surface area contributed by atoms with Gasteiger partial charge in [0.2, 0.25) is 0 Å². The lowest BCUT2D eigenvalue weighted by Gasteiger charge is -2.26. The minimum absolute atomic E-state index is 0.147. The normalized spacial score (nSPS) is 17.8. The van der Waals surface area contributed by atoms with Crippen LogP contribution in [0.4, 0.5) is 11.5 Å². The number of rotatable bonds is 5. The van der Waals surface area contributed by atoms with Crippen LogP contribution >= 0.6 is 15.9 Å². The second-order valence-corrected chi connectivity index (χ2v) is 10.9. The number of hydrogen-bond acceptors (Lipinski definition) is 5. The van der Waals surface area contributed by atoms with E-state index in [0.717, 1.165) is 58.4 Å². The van der Waals surface area contributed by atoms with Crippen molar-refractivity contribution in [1.82, 2.24) is 14.8 Å². The maximum Gasteiger partial charge on any atom is 0.308 e. The molecule has 3 aromatic rings. The fraction of sp³-hybridized carbons (Fsp3) is 0.484. The second kappa shape index (κ2) is 14.3. The number of carbonyl (C=O) groups is 2. The fourth-order valence-electron chi connectivity index (χ4n) is 4.90. The van der Waals surface area contributed by atoms with Crippen LogP contribution in [-0.2, 0) is 16.6 Å². The average molecular weight is 612 g/mol. The summed E-state index contributed by atoms with van der Waals surface area (Å²) in [7, 11) is 1.90. The first-order chi connectivity index (χ1) is 19.3. The Kier molecular flexibility index (Phi) is 11.1. The van der Waals surface area contributed by atoms with Gasteiger partial charge >= 0.3 is 5.91 Å². The van der Waals surface area contributed by atoms with Crippen molar-refractivity contribution in [3.05, 3.63) is 39.9 Å². The van der Waals surface area contributed by atoms with Gasteiger partial charge in [-0.15, -0.1) is 5.10 Å². The number of anilines is 2. The number of hydrogen-bond donors (Lipinski definition) is 1. The number of fused-ring (bicyclic) bond motifs is 1. The van der Waals surface area contributed by atoms with Crippen molar-refractivity contribution in [2.24, 2.45) is 13.0 Å². The minimum Gasteiger partial charge on any atom is -0.483 e. The first-order valence-corrected chi connectivity index (χ1v) is 14.7. The summed E-state index contributed by atoms with van der Waals surface area (Å²) in [6.45, 7) is 9.76. The van der Waals surface area contributed by atoms with E-state index in [-0.39, 0.29) is 18.5 Å². The Hall–Kier alpha value is -3.38. The SMILES string of the molecule is CC.CC#CC(=O)N(c1ccc2c(n1)c(OC1CCC(C)CC1)nn2C)c1cc(C)c(Br)cc1C1CC1.O=CO. The van der Waals surface area contributed by atoms with Crippen molar-refractivity contribution in [3.8, 4) is 17.7 Å². The first-order valence-electron chi connectivity index (χ1n) is 13.9. The average Bonchev–Trinajstić information content (AvgIpc) is 3.74. The van der Waals surface area contributed by atoms with Crippen molar-refractivity contribution in [2.75, 3.05) is 4.90 Å². The molecule has 1 N–H and O–H groups in total. The molecule has 1 amide bonds. The molecule has 2 aromatic heterocycles. The zero-order valence-corrected chi connectivity index (χ0v) is 25.8. The third-order valence-corrected chi connectivity index (χ3v) is 7.98. The molecular formula is C31H39BrN4O4. The highest BCUT2D eigenvalue weighted by Gasteiger charge is 2.32. The molecule has 1 aromatic carbocycles. The Balaban J connectivity index is 0.000000827. The number of nitrogens with zero attached hydrogens (tertiary/aromatic N) is 4. The summed E-state index contributed by atoms with van der Waals surface area (Å²) in [5, 5.41) is 11.5. The second-order valence-electron chi connectivity index (χ2n) is 10.0. The maximum absolute atomic E-state index is 13.4. The lowest BCUT2D eigenvalue weighted by Crippen LogP contribution is -2.26. The molecule has 214 valence electrons. The van der Waals surface area contributed by atoms with Crippen LogP contribution in [0.1, 0.15) is 83.3 Å². The van der Waals surface area contributed by atoms with Gasteiger partial charge in [0.15, 0.2) is 5.52 Å². The molecular weight excluding hydrogens is 572 g/mol. The molecule has 0 aliphatic heterocycles. The Labute approximate surface area is 245 Å².